The minimum Gasteiger partial charge on any atom is -0.346 e. The van der Waals surface area contributed by atoms with Gasteiger partial charge < -0.3 is 10.3 Å². The van der Waals surface area contributed by atoms with Gasteiger partial charge in [-0.3, -0.25) is 9.59 Å². The molecule has 142 valence electrons. The van der Waals surface area contributed by atoms with Gasteiger partial charge in [-0.05, 0) is 19.1 Å². The van der Waals surface area contributed by atoms with Gasteiger partial charge >= 0.3 is 6.18 Å². The third-order valence-electron chi connectivity index (χ3n) is 3.54. The molecule has 0 saturated heterocycles. The number of aromatic amines is 1. The van der Waals surface area contributed by atoms with Crippen molar-refractivity contribution in [2.24, 2.45) is 0 Å². The van der Waals surface area contributed by atoms with Crippen molar-refractivity contribution in [1.29, 1.82) is 0 Å². The molecule has 0 spiro atoms. The summed E-state index contributed by atoms with van der Waals surface area (Å²) in [5.41, 5.74) is 0.528. The maximum absolute atomic E-state index is 12.2. The summed E-state index contributed by atoms with van der Waals surface area (Å²) in [6.45, 7) is 0.00948. The van der Waals surface area contributed by atoms with Crippen molar-refractivity contribution in [2.75, 3.05) is 6.54 Å². The molecule has 7 nitrogen and oxygen atoms in total. The Bertz CT molecular complexity index is 1020. The molecule has 11 heteroatoms. The average molecular weight is 397 g/mol. The molecule has 0 radical (unpaired) electrons. The number of carbonyl (C=O) groups excluding carboxylic acids is 1. The van der Waals surface area contributed by atoms with E-state index in [1.807, 2.05) is 6.07 Å². The highest BCUT2D eigenvalue weighted by atomic mass is 32.2. The van der Waals surface area contributed by atoms with E-state index >= 15 is 0 Å². The zero-order chi connectivity index (χ0) is 19.6. The first kappa shape index (κ1) is 19.0. The van der Waals surface area contributed by atoms with E-state index < -0.39 is 29.4 Å². The number of rotatable bonds is 5. The number of fused-ring (bicyclic) bond motifs is 1. The normalized spacial score (nSPS) is 12.9. The van der Waals surface area contributed by atoms with Gasteiger partial charge in [0.15, 0.2) is 10.8 Å². The first-order valence-electron chi connectivity index (χ1n) is 7.79. The van der Waals surface area contributed by atoms with Gasteiger partial charge in [0, 0.05) is 0 Å². The minimum atomic E-state index is -4.49. The molecule has 1 aromatic carbocycles. The monoisotopic (exact) mass is 397 g/mol. The Kier molecular flexibility index (Phi) is 5.22. The number of para-hydroxylation sites is 1. The quantitative estimate of drug-likeness (QED) is 0.509. The van der Waals surface area contributed by atoms with Crippen LogP contribution in [-0.2, 0) is 4.79 Å². The maximum atomic E-state index is 12.2. The third kappa shape index (κ3) is 4.48. The van der Waals surface area contributed by atoms with Crippen molar-refractivity contribution in [1.82, 2.24) is 25.1 Å². The number of nitrogens with one attached hydrogen (secondary N) is 2. The lowest BCUT2D eigenvalue weighted by atomic mass is 10.3. The van der Waals surface area contributed by atoms with Gasteiger partial charge in [-0.25, -0.2) is 9.67 Å². The van der Waals surface area contributed by atoms with Crippen molar-refractivity contribution in [3.05, 3.63) is 46.9 Å². The number of amides is 1. The summed E-state index contributed by atoms with van der Waals surface area (Å²) in [4.78, 5) is 30.9. The molecule has 1 amide bonds. The van der Waals surface area contributed by atoms with Gasteiger partial charge in [-0.1, -0.05) is 30.0 Å². The zero-order valence-corrected chi connectivity index (χ0v) is 14.8. The molecular weight excluding hydrogens is 383 g/mol. The molecule has 3 rings (SSSR count). The molecule has 0 saturated carbocycles. The molecule has 2 heterocycles. The van der Waals surface area contributed by atoms with Crippen LogP contribution in [0.25, 0.3) is 16.7 Å². The van der Waals surface area contributed by atoms with Crippen molar-refractivity contribution in [3.63, 3.8) is 0 Å². The molecule has 2 aromatic heterocycles. The standard InChI is InChI=1S/C16H14F3N5O2S/c1-9(13(25)20-8-16(17,18)19)27-15-22-12-11(14(26)23-15)7-21-24(12)10-5-3-2-4-6-10/h2-7,9H,8H2,1H3,(H,20,25)(H,22,23,26). The Morgan fingerprint density at radius 2 is 2.04 bits per heavy atom. The van der Waals surface area contributed by atoms with Gasteiger partial charge in [-0.2, -0.15) is 18.3 Å². The third-order valence-corrected chi connectivity index (χ3v) is 4.52. The van der Waals surface area contributed by atoms with E-state index in [1.54, 1.807) is 29.6 Å². The van der Waals surface area contributed by atoms with Gasteiger partial charge in [0.05, 0.1) is 17.1 Å². The van der Waals surface area contributed by atoms with Crippen LogP contribution in [0.5, 0.6) is 0 Å². The Labute approximate surface area is 155 Å². The number of aromatic nitrogens is 4. The second kappa shape index (κ2) is 7.43. The van der Waals surface area contributed by atoms with Gasteiger partial charge in [0.1, 0.15) is 11.9 Å². The molecule has 2 N–H and O–H groups in total. The van der Waals surface area contributed by atoms with Crippen LogP contribution in [0.1, 0.15) is 6.92 Å². The van der Waals surface area contributed by atoms with Gasteiger partial charge in [0.25, 0.3) is 5.56 Å². The lowest BCUT2D eigenvalue weighted by Crippen LogP contribution is -2.38. The topological polar surface area (TPSA) is 92.7 Å². The van der Waals surface area contributed by atoms with E-state index in [0.717, 1.165) is 11.8 Å². The van der Waals surface area contributed by atoms with Crippen LogP contribution in [0.2, 0.25) is 0 Å². The highest BCUT2D eigenvalue weighted by Crippen LogP contribution is 2.22. The maximum Gasteiger partial charge on any atom is 0.405 e. The number of H-pyrrole nitrogens is 1. The van der Waals surface area contributed by atoms with Crippen molar-refractivity contribution in [3.8, 4) is 5.69 Å². The van der Waals surface area contributed by atoms with E-state index in [0.29, 0.717) is 5.69 Å². The number of nitrogens with zero attached hydrogens (tertiary/aromatic N) is 3. The number of halogens is 3. The van der Waals surface area contributed by atoms with E-state index in [1.165, 1.54) is 17.8 Å². The highest BCUT2D eigenvalue weighted by Gasteiger charge is 2.29. The molecule has 1 atom stereocenters. The van der Waals surface area contributed by atoms with Crippen LogP contribution in [0, 0.1) is 0 Å². The number of benzene rings is 1. The Morgan fingerprint density at radius 1 is 1.33 bits per heavy atom. The molecule has 0 aliphatic heterocycles. The van der Waals surface area contributed by atoms with Crippen molar-refractivity contribution < 1.29 is 18.0 Å². The Hall–Kier alpha value is -2.82. The van der Waals surface area contributed by atoms with Crippen LogP contribution in [0.3, 0.4) is 0 Å². The fourth-order valence-corrected chi connectivity index (χ4v) is 3.08. The summed E-state index contributed by atoms with van der Waals surface area (Å²) in [6, 6.07) is 9.01. The lowest BCUT2D eigenvalue weighted by molar-refractivity contribution is -0.137. The number of hydrogen-bond acceptors (Lipinski definition) is 5. The number of thioether (sulfide) groups is 1. The second-order valence-electron chi connectivity index (χ2n) is 5.59. The molecule has 0 aliphatic carbocycles. The first-order valence-corrected chi connectivity index (χ1v) is 8.67. The summed E-state index contributed by atoms with van der Waals surface area (Å²) in [5, 5.41) is 5.45. The molecule has 0 bridgehead atoms. The largest absolute Gasteiger partial charge is 0.405 e. The van der Waals surface area contributed by atoms with Crippen LogP contribution in [0.15, 0.2) is 46.5 Å². The Morgan fingerprint density at radius 3 is 2.70 bits per heavy atom. The molecule has 1 unspecified atom stereocenters. The predicted molar refractivity (Wildman–Crippen MR) is 93.9 cm³/mol. The SMILES string of the molecule is CC(Sc1nc2c(cnn2-c2ccccc2)c(=O)[nH]1)C(=O)NCC(F)(F)F. The van der Waals surface area contributed by atoms with Crippen molar-refractivity contribution >= 4 is 28.7 Å². The summed E-state index contributed by atoms with van der Waals surface area (Å²) < 4.78 is 38.1. The summed E-state index contributed by atoms with van der Waals surface area (Å²) in [7, 11) is 0. The average Bonchev–Trinajstić information content (AvgIpc) is 3.04. The lowest BCUT2D eigenvalue weighted by Gasteiger charge is -2.13. The number of alkyl halides is 3. The molecule has 3 aromatic rings. The van der Waals surface area contributed by atoms with E-state index in [4.69, 9.17) is 0 Å². The van der Waals surface area contributed by atoms with E-state index in [-0.39, 0.29) is 16.2 Å². The van der Waals surface area contributed by atoms with E-state index in [2.05, 4.69) is 15.1 Å². The van der Waals surface area contributed by atoms with Crippen LogP contribution in [-0.4, -0.2) is 43.6 Å². The summed E-state index contributed by atoms with van der Waals surface area (Å²) in [6.07, 6.45) is -3.12. The Balaban J connectivity index is 1.85. The van der Waals surface area contributed by atoms with Gasteiger partial charge in [0.2, 0.25) is 5.91 Å². The predicted octanol–water partition coefficient (Wildman–Crippen LogP) is 2.27. The second-order valence-corrected chi connectivity index (χ2v) is 6.92. The zero-order valence-electron chi connectivity index (χ0n) is 13.9. The minimum absolute atomic E-state index is 0.111. The van der Waals surface area contributed by atoms with Gasteiger partial charge in [-0.15, -0.1) is 0 Å². The smallest absolute Gasteiger partial charge is 0.346 e. The fraction of sp³-hybridized carbons (Fsp3) is 0.250. The first-order chi connectivity index (χ1) is 12.7. The highest BCUT2D eigenvalue weighted by molar-refractivity contribution is 8.00. The van der Waals surface area contributed by atoms with Crippen LogP contribution < -0.4 is 10.9 Å². The molecule has 0 fully saturated rings. The summed E-state index contributed by atoms with van der Waals surface area (Å²) in [5.74, 6) is -0.809. The number of hydrogen-bond donors (Lipinski definition) is 2. The van der Waals surface area contributed by atoms with Crippen LogP contribution >= 0.6 is 11.8 Å². The van der Waals surface area contributed by atoms with E-state index in [9.17, 15) is 22.8 Å². The summed E-state index contributed by atoms with van der Waals surface area (Å²) >= 11 is 0.851. The fourth-order valence-electron chi connectivity index (χ4n) is 2.26. The molecular formula is C16H14F3N5O2S. The number of carbonyl (C=O) groups is 1. The van der Waals surface area contributed by atoms with Crippen LogP contribution in [0.4, 0.5) is 13.2 Å². The van der Waals surface area contributed by atoms with Crippen molar-refractivity contribution in [2.45, 2.75) is 23.5 Å². The molecule has 27 heavy (non-hydrogen) atoms. The molecule has 0 aliphatic rings.